The molecule has 1 fully saturated rings. The van der Waals surface area contributed by atoms with Gasteiger partial charge in [0.25, 0.3) is 0 Å². The summed E-state index contributed by atoms with van der Waals surface area (Å²) in [6.07, 6.45) is 1.45. The number of phenolic OH excluding ortho intramolecular Hbond substituents is 1. The molecule has 0 spiro atoms. The number of nitrogens with two attached hydrogens (primary N) is 1. The zero-order valence-electron chi connectivity index (χ0n) is 12.3. The van der Waals surface area contributed by atoms with E-state index in [4.69, 9.17) is 5.73 Å². The molecule has 4 nitrogen and oxygen atoms in total. The van der Waals surface area contributed by atoms with E-state index in [-0.39, 0.29) is 11.3 Å². The van der Waals surface area contributed by atoms with Crippen molar-refractivity contribution in [2.24, 2.45) is 11.7 Å². The fourth-order valence-electron chi connectivity index (χ4n) is 3.08. The number of benzene rings is 1. The van der Waals surface area contributed by atoms with Crippen LogP contribution >= 0.6 is 0 Å². The van der Waals surface area contributed by atoms with Crippen LogP contribution in [0.1, 0.15) is 32.3 Å². The van der Waals surface area contributed by atoms with E-state index < -0.39 is 0 Å². The largest absolute Gasteiger partial charge is 0.508 e. The summed E-state index contributed by atoms with van der Waals surface area (Å²) in [5.74, 6) is 0.553. The van der Waals surface area contributed by atoms with Crippen LogP contribution in [0.25, 0.3) is 0 Å². The third kappa shape index (κ3) is 3.12. The summed E-state index contributed by atoms with van der Waals surface area (Å²) < 4.78 is 0. The molecular weight excluding hydrogens is 252 g/mol. The molecule has 0 saturated carbocycles. The average molecular weight is 276 g/mol. The fraction of sp³-hybridized carbons (Fsp3) is 0.562. The molecule has 1 aliphatic rings. The summed E-state index contributed by atoms with van der Waals surface area (Å²) in [5, 5.41) is 9.68. The topological polar surface area (TPSA) is 66.6 Å². The highest BCUT2D eigenvalue weighted by molar-refractivity contribution is 5.73. The lowest BCUT2D eigenvalue weighted by Gasteiger charge is -2.45. The van der Waals surface area contributed by atoms with Crippen molar-refractivity contribution in [3.05, 3.63) is 29.8 Å². The molecule has 20 heavy (non-hydrogen) atoms. The van der Waals surface area contributed by atoms with Crippen LogP contribution in [0, 0.1) is 5.92 Å². The van der Waals surface area contributed by atoms with Crippen LogP contribution < -0.4 is 5.73 Å². The van der Waals surface area contributed by atoms with Crippen LogP contribution in [0.4, 0.5) is 0 Å². The van der Waals surface area contributed by atoms with Gasteiger partial charge in [-0.3, -0.25) is 4.79 Å². The molecule has 1 saturated heterocycles. The van der Waals surface area contributed by atoms with Gasteiger partial charge in [-0.25, -0.2) is 0 Å². The van der Waals surface area contributed by atoms with Crippen LogP contribution in [-0.4, -0.2) is 35.5 Å². The molecular formula is C16H24N2O2. The maximum Gasteiger partial charge on any atom is 0.218 e. The summed E-state index contributed by atoms with van der Waals surface area (Å²) in [6, 6.07) is 7.58. The number of likely N-dealkylation sites (tertiary alicyclic amines) is 1. The van der Waals surface area contributed by atoms with E-state index in [9.17, 15) is 9.90 Å². The zero-order chi connectivity index (χ0) is 14.8. The van der Waals surface area contributed by atoms with E-state index in [2.05, 4.69) is 24.8 Å². The molecule has 0 aliphatic carbocycles. The van der Waals surface area contributed by atoms with Gasteiger partial charge in [0.05, 0.1) is 0 Å². The van der Waals surface area contributed by atoms with Gasteiger partial charge in [0.1, 0.15) is 5.75 Å². The number of hydrogen-bond donors (Lipinski definition) is 2. The van der Waals surface area contributed by atoms with Crippen molar-refractivity contribution in [2.45, 2.75) is 32.1 Å². The van der Waals surface area contributed by atoms with Gasteiger partial charge in [-0.05, 0) is 42.0 Å². The monoisotopic (exact) mass is 276 g/mol. The van der Waals surface area contributed by atoms with Crippen molar-refractivity contribution in [1.82, 2.24) is 4.90 Å². The number of amides is 1. The molecule has 2 atom stereocenters. The van der Waals surface area contributed by atoms with Crippen molar-refractivity contribution in [3.8, 4) is 5.75 Å². The van der Waals surface area contributed by atoms with E-state index in [1.165, 1.54) is 5.56 Å². The molecule has 110 valence electrons. The molecule has 0 unspecified atom stereocenters. The number of rotatable bonds is 4. The molecule has 3 N–H and O–H groups in total. The van der Waals surface area contributed by atoms with Gasteiger partial charge >= 0.3 is 0 Å². The minimum atomic E-state index is -0.237. The molecule has 1 aromatic rings. The first kappa shape index (κ1) is 14.9. The van der Waals surface area contributed by atoms with Gasteiger partial charge in [0.2, 0.25) is 5.91 Å². The first-order chi connectivity index (χ1) is 9.41. The number of phenols is 1. The smallest absolute Gasteiger partial charge is 0.218 e. The van der Waals surface area contributed by atoms with E-state index >= 15 is 0 Å². The number of hydrogen-bond acceptors (Lipinski definition) is 3. The number of carbonyl (C=O) groups excluding carboxylic acids is 1. The highest BCUT2D eigenvalue weighted by Crippen LogP contribution is 2.40. The third-order valence-corrected chi connectivity index (χ3v) is 4.75. The van der Waals surface area contributed by atoms with Gasteiger partial charge in [0.15, 0.2) is 0 Å². The second kappa shape index (κ2) is 5.83. The second-order valence-electron chi connectivity index (χ2n) is 6.14. The number of primary amides is 1. The summed E-state index contributed by atoms with van der Waals surface area (Å²) in [5.41, 5.74) is 6.48. The predicted molar refractivity (Wildman–Crippen MR) is 79.5 cm³/mol. The Bertz CT molecular complexity index is 489. The summed E-state index contributed by atoms with van der Waals surface area (Å²) in [4.78, 5) is 13.2. The minimum absolute atomic E-state index is 0.0714. The molecule has 1 aromatic carbocycles. The lowest BCUT2D eigenvalue weighted by Crippen LogP contribution is -2.47. The van der Waals surface area contributed by atoms with E-state index in [0.717, 1.165) is 26.1 Å². The van der Waals surface area contributed by atoms with Gasteiger partial charge < -0.3 is 15.7 Å². The highest BCUT2D eigenvalue weighted by Gasteiger charge is 2.37. The van der Waals surface area contributed by atoms with E-state index in [1.54, 1.807) is 6.07 Å². The Labute approximate surface area is 120 Å². The average Bonchev–Trinajstić information content (AvgIpc) is 2.40. The summed E-state index contributed by atoms with van der Waals surface area (Å²) in [7, 11) is 0. The lowest BCUT2D eigenvalue weighted by molar-refractivity contribution is -0.118. The standard InChI is InChI=1S/C16H24N2O2/c1-12-11-18(8-6-15(17)20)9-7-16(12,2)13-4-3-5-14(19)10-13/h3-5,10,12,19H,6-9,11H2,1-2H3,(H2,17,20)/t12-,16+/m0/s1. The van der Waals surface area contributed by atoms with Crippen LogP contribution in [0.2, 0.25) is 0 Å². The van der Waals surface area contributed by atoms with Gasteiger partial charge in [-0.1, -0.05) is 26.0 Å². The van der Waals surface area contributed by atoms with Crippen LogP contribution in [0.15, 0.2) is 24.3 Å². The van der Waals surface area contributed by atoms with Crippen molar-refractivity contribution in [3.63, 3.8) is 0 Å². The first-order valence-corrected chi connectivity index (χ1v) is 7.22. The fourth-order valence-corrected chi connectivity index (χ4v) is 3.08. The maximum atomic E-state index is 10.9. The third-order valence-electron chi connectivity index (χ3n) is 4.75. The Hall–Kier alpha value is -1.55. The van der Waals surface area contributed by atoms with Crippen molar-refractivity contribution in [1.29, 1.82) is 0 Å². The molecule has 1 aliphatic heterocycles. The summed E-state index contributed by atoms with van der Waals surface area (Å²) >= 11 is 0. The first-order valence-electron chi connectivity index (χ1n) is 7.22. The molecule has 0 bridgehead atoms. The quantitative estimate of drug-likeness (QED) is 0.882. The molecule has 0 aromatic heterocycles. The Morgan fingerprint density at radius 3 is 2.90 bits per heavy atom. The number of carbonyl (C=O) groups is 1. The molecule has 1 heterocycles. The Morgan fingerprint density at radius 2 is 2.30 bits per heavy atom. The number of nitrogens with zero attached hydrogens (tertiary/aromatic N) is 1. The van der Waals surface area contributed by atoms with Gasteiger partial charge in [0, 0.05) is 19.5 Å². The molecule has 0 radical (unpaired) electrons. The van der Waals surface area contributed by atoms with E-state index in [1.807, 2.05) is 12.1 Å². The van der Waals surface area contributed by atoms with Crippen molar-refractivity contribution in [2.75, 3.05) is 19.6 Å². The van der Waals surface area contributed by atoms with Gasteiger partial charge in [-0.2, -0.15) is 0 Å². The SMILES string of the molecule is C[C@H]1CN(CCC(N)=O)CC[C@@]1(C)c1cccc(O)c1. The Balaban J connectivity index is 2.06. The van der Waals surface area contributed by atoms with Crippen LogP contribution in [0.3, 0.4) is 0 Å². The zero-order valence-corrected chi connectivity index (χ0v) is 12.3. The van der Waals surface area contributed by atoms with Crippen molar-refractivity contribution >= 4 is 5.91 Å². The predicted octanol–water partition coefficient (Wildman–Crippen LogP) is 1.87. The number of aromatic hydroxyl groups is 1. The normalized spacial score (nSPS) is 27.4. The van der Waals surface area contributed by atoms with Crippen LogP contribution in [-0.2, 0) is 10.2 Å². The molecule has 4 heteroatoms. The Morgan fingerprint density at radius 1 is 1.55 bits per heavy atom. The van der Waals surface area contributed by atoms with E-state index in [0.29, 0.717) is 18.1 Å². The minimum Gasteiger partial charge on any atom is -0.508 e. The van der Waals surface area contributed by atoms with Crippen LogP contribution in [0.5, 0.6) is 5.75 Å². The molecule has 1 amide bonds. The maximum absolute atomic E-state index is 10.9. The lowest BCUT2D eigenvalue weighted by atomic mass is 9.68. The number of piperidine rings is 1. The van der Waals surface area contributed by atoms with Crippen molar-refractivity contribution < 1.29 is 9.90 Å². The highest BCUT2D eigenvalue weighted by atomic mass is 16.3. The second-order valence-corrected chi connectivity index (χ2v) is 6.14. The molecule has 2 rings (SSSR count). The Kier molecular flexibility index (Phi) is 4.33. The summed E-state index contributed by atoms with van der Waals surface area (Å²) in [6.45, 7) is 7.16. The van der Waals surface area contributed by atoms with Gasteiger partial charge in [-0.15, -0.1) is 0 Å².